The second-order valence-electron chi connectivity index (χ2n) is 6.80. The van der Waals surface area contributed by atoms with Crippen molar-refractivity contribution in [2.45, 2.75) is 6.04 Å². The summed E-state index contributed by atoms with van der Waals surface area (Å²) < 4.78 is 0. The van der Waals surface area contributed by atoms with Crippen LogP contribution in [0, 0.1) is 0 Å². The van der Waals surface area contributed by atoms with Gasteiger partial charge >= 0.3 is 6.03 Å². The van der Waals surface area contributed by atoms with Crippen molar-refractivity contribution in [3.63, 3.8) is 0 Å². The Balaban J connectivity index is 1.48. The minimum Gasteiger partial charge on any atom is -0.327 e. The first kappa shape index (κ1) is 18.5. The molecule has 0 unspecified atom stereocenters. The van der Waals surface area contributed by atoms with Gasteiger partial charge in [0.05, 0.1) is 6.04 Å². The fraction of sp³-hybridized carbons (Fsp3) is 0.0385. The molecule has 0 aliphatic carbocycles. The minimum absolute atomic E-state index is 0.221. The van der Waals surface area contributed by atoms with Crippen LogP contribution in [0.2, 0.25) is 0 Å². The molecule has 2 amide bonds. The standard InChI is InChI=1S/C26H22N2O/c29-26(27-24-18-16-21(17-19-24)20-10-4-1-5-11-20)28-25(22-12-6-2-7-13-22)23-14-8-3-9-15-23/h1-19,25H,(H2,27,28,29). The van der Waals surface area contributed by atoms with Gasteiger partial charge in [0.1, 0.15) is 0 Å². The van der Waals surface area contributed by atoms with Crippen molar-refractivity contribution in [2.24, 2.45) is 0 Å². The number of urea groups is 1. The maximum Gasteiger partial charge on any atom is 0.319 e. The zero-order valence-electron chi connectivity index (χ0n) is 16.0. The van der Waals surface area contributed by atoms with Crippen molar-refractivity contribution in [2.75, 3.05) is 5.32 Å². The molecular weight excluding hydrogens is 356 g/mol. The van der Waals surface area contributed by atoms with E-state index in [0.29, 0.717) is 0 Å². The SMILES string of the molecule is O=C(Nc1ccc(-c2ccccc2)cc1)NC(c1ccccc1)c1ccccc1. The van der Waals surface area contributed by atoms with Gasteiger partial charge in [-0.05, 0) is 34.4 Å². The van der Waals surface area contributed by atoms with Crippen molar-refractivity contribution in [1.82, 2.24) is 5.32 Å². The average molecular weight is 378 g/mol. The van der Waals surface area contributed by atoms with Gasteiger partial charge in [-0.25, -0.2) is 4.79 Å². The van der Waals surface area contributed by atoms with Crippen LogP contribution in [-0.4, -0.2) is 6.03 Å². The van der Waals surface area contributed by atoms with Gasteiger partial charge < -0.3 is 10.6 Å². The summed E-state index contributed by atoms with van der Waals surface area (Å²) in [7, 11) is 0. The molecule has 0 aliphatic heterocycles. The third-order valence-corrected chi connectivity index (χ3v) is 4.79. The molecule has 0 spiro atoms. The molecule has 29 heavy (non-hydrogen) atoms. The van der Waals surface area contributed by atoms with E-state index >= 15 is 0 Å². The van der Waals surface area contributed by atoms with Gasteiger partial charge in [0.25, 0.3) is 0 Å². The number of amides is 2. The highest BCUT2D eigenvalue weighted by molar-refractivity contribution is 5.90. The van der Waals surface area contributed by atoms with E-state index in [4.69, 9.17) is 0 Å². The molecule has 0 aromatic heterocycles. The number of hydrogen-bond acceptors (Lipinski definition) is 1. The van der Waals surface area contributed by atoms with Crippen LogP contribution < -0.4 is 10.6 Å². The summed E-state index contributed by atoms with van der Waals surface area (Å²) in [5.74, 6) is 0. The Labute approximate surface area is 171 Å². The number of carbonyl (C=O) groups excluding carboxylic acids is 1. The fourth-order valence-corrected chi connectivity index (χ4v) is 3.32. The smallest absolute Gasteiger partial charge is 0.319 e. The van der Waals surface area contributed by atoms with E-state index in [1.807, 2.05) is 103 Å². The first-order valence-electron chi connectivity index (χ1n) is 9.62. The molecule has 0 heterocycles. The maximum absolute atomic E-state index is 12.7. The molecule has 4 rings (SSSR count). The van der Waals surface area contributed by atoms with E-state index in [-0.39, 0.29) is 12.1 Å². The maximum atomic E-state index is 12.7. The Bertz CT molecular complexity index is 1010. The van der Waals surface area contributed by atoms with Crippen molar-refractivity contribution in [1.29, 1.82) is 0 Å². The Kier molecular flexibility index (Phi) is 5.68. The van der Waals surface area contributed by atoms with E-state index in [9.17, 15) is 4.79 Å². The lowest BCUT2D eigenvalue weighted by molar-refractivity contribution is 0.250. The van der Waals surface area contributed by atoms with Crippen molar-refractivity contribution in [3.05, 3.63) is 126 Å². The van der Waals surface area contributed by atoms with Crippen LogP contribution in [0.15, 0.2) is 115 Å². The number of anilines is 1. The lowest BCUT2D eigenvalue weighted by Crippen LogP contribution is -2.33. The van der Waals surface area contributed by atoms with E-state index < -0.39 is 0 Å². The predicted molar refractivity (Wildman–Crippen MR) is 119 cm³/mol. The second kappa shape index (κ2) is 8.89. The Morgan fingerprint density at radius 3 is 1.52 bits per heavy atom. The van der Waals surface area contributed by atoms with Crippen LogP contribution in [0.3, 0.4) is 0 Å². The average Bonchev–Trinajstić information content (AvgIpc) is 2.80. The van der Waals surface area contributed by atoms with Crippen molar-refractivity contribution >= 4 is 11.7 Å². The molecule has 0 bridgehead atoms. The molecule has 3 heteroatoms. The minimum atomic E-state index is -0.241. The van der Waals surface area contributed by atoms with Crippen LogP contribution >= 0.6 is 0 Å². The second-order valence-corrected chi connectivity index (χ2v) is 6.80. The lowest BCUT2D eigenvalue weighted by atomic mass is 9.99. The molecule has 142 valence electrons. The molecule has 0 fully saturated rings. The summed E-state index contributed by atoms with van der Waals surface area (Å²) >= 11 is 0. The molecule has 0 saturated carbocycles. The molecule has 0 radical (unpaired) electrons. The van der Waals surface area contributed by atoms with Crippen LogP contribution in [0.25, 0.3) is 11.1 Å². The summed E-state index contributed by atoms with van der Waals surface area (Å²) in [4.78, 5) is 12.7. The van der Waals surface area contributed by atoms with Gasteiger partial charge in [0, 0.05) is 5.69 Å². The first-order valence-corrected chi connectivity index (χ1v) is 9.62. The number of rotatable bonds is 5. The van der Waals surface area contributed by atoms with Crippen LogP contribution in [0.4, 0.5) is 10.5 Å². The Morgan fingerprint density at radius 2 is 1.00 bits per heavy atom. The Hall–Kier alpha value is -3.85. The normalized spacial score (nSPS) is 10.5. The van der Waals surface area contributed by atoms with Crippen molar-refractivity contribution in [3.8, 4) is 11.1 Å². The van der Waals surface area contributed by atoms with Crippen molar-refractivity contribution < 1.29 is 4.79 Å². The molecule has 4 aromatic carbocycles. The van der Waals surface area contributed by atoms with Gasteiger partial charge in [-0.15, -0.1) is 0 Å². The van der Waals surface area contributed by atoms with Crippen LogP contribution in [0.5, 0.6) is 0 Å². The number of benzene rings is 4. The summed E-state index contributed by atoms with van der Waals surface area (Å²) in [5, 5.41) is 6.03. The van der Waals surface area contributed by atoms with Gasteiger partial charge in [-0.2, -0.15) is 0 Å². The number of hydrogen-bond donors (Lipinski definition) is 2. The molecule has 3 nitrogen and oxygen atoms in total. The van der Waals surface area contributed by atoms with Gasteiger partial charge in [0.2, 0.25) is 0 Å². The topological polar surface area (TPSA) is 41.1 Å². The zero-order valence-corrected chi connectivity index (χ0v) is 16.0. The Morgan fingerprint density at radius 1 is 0.552 bits per heavy atom. The number of carbonyl (C=O) groups is 1. The largest absolute Gasteiger partial charge is 0.327 e. The van der Waals surface area contributed by atoms with Crippen LogP contribution in [0.1, 0.15) is 17.2 Å². The highest BCUT2D eigenvalue weighted by Crippen LogP contribution is 2.23. The molecule has 4 aromatic rings. The highest BCUT2D eigenvalue weighted by atomic mass is 16.2. The van der Waals surface area contributed by atoms with Crippen LogP contribution in [-0.2, 0) is 0 Å². The highest BCUT2D eigenvalue weighted by Gasteiger charge is 2.16. The van der Waals surface area contributed by atoms with E-state index in [1.165, 1.54) is 0 Å². The third-order valence-electron chi connectivity index (χ3n) is 4.79. The summed E-state index contributed by atoms with van der Waals surface area (Å²) in [6.07, 6.45) is 0. The first-order chi connectivity index (χ1) is 14.3. The van der Waals surface area contributed by atoms with E-state index in [1.54, 1.807) is 0 Å². The van der Waals surface area contributed by atoms with Gasteiger partial charge in [0.15, 0.2) is 0 Å². The zero-order chi connectivity index (χ0) is 19.9. The molecular formula is C26H22N2O. The quantitative estimate of drug-likeness (QED) is 0.422. The summed E-state index contributed by atoms with van der Waals surface area (Å²) in [6.45, 7) is 0. The lowest BCUT2D eigenvalue weighted by Gasteiger charge is -2.20. The van der Waals surface area contributed by atoms with Gasteiger partial charge in [-0.3, -0.25) is 0 Å². The molecule has 0 aliphatic rings. The molecule has 2 N–H and O–H groups in total. The van der Waals surface area contributed by atoms with E-state index in [0.717, 1.165) is 27.9 Å². The predicted octanol–water partition coefficient (Wildman–Crippen LogP) is 6.26. The fourth-order valence-electron chi connectivity index (χ4n) is 3.32. The molecule has 0 saturated heterocycles. The van der Waals surface area contributed by atoms with Gasteiger partial charge in [-0.1, -0.05) is 103 Å². The summed E-state index contributed by atoms with van der Waals surface area (Å²) in [6, 6.07) is 37.5. The summed E-state index contributed by atoms with van der Waals surface area (Å²) in [5.41, 5.74) is 5.09. The van der Waals surface area contributed by atoms with E-state index in [2.05, 4.69) is 22.8 Å². The third kappa shape index (κ3) is 4.71. The molecule has 0 atom stereocenters. The number of nitrogens with one attached hydrogen (secondary N) is 2. The monoisotopic (exact) mass is 378 g/mol.